The van der Waals surface area contributed by atoms with Crippen LogP contribution in [0.3, 0.4) is 0 Å². The Kier molecular flexibility index (Phi) is 3.85. The molecule has 0 saturated heterocycles. The highest BCUT2D eigenvalue weighted by Crippen LogP contribution is 2.35. The first-order chi connectivity index (χ1) is 10.4. The van der Waals surface area contributed by atoms with E-state index in [-0.39, 0.29) is 24.2 Å². The largest absolute Gasteiger partial charge is 0.388 e. The maximum absolute atomic E-state index is 13.9. The van der Waals surface area contributed by atoms with E-state index in [4.69, 9.17) is 0 Å². The van der Waals surface area contributed by atoms with Crippen molar-refractivity contribution in [1.82, 2.24) is 5.32 Å². The maximum Gasteiger partial charge on any atom is 0.242 e. The van der Waals surface area contributed by atoms with Crippen LogP contribution in [0.25, 0.3) is 0 Å². The molecule has 0 bridgehead atoms. The Balaban J connectivity index is 1.59. The van der Waals surface area contributed by atoms with Gasteiger partial charge >= 0.3 is 0 Å². The summed E-state index contributed by atoms with van der Waals surface area (Å²) in [7, 11) is 0. The van der Waals surface area contributed by atoms with E-state index in [1.54, 1.807) is 6.92 Å². The van der Waals surface area contributed by atoms with Gasteiger partial charge in [0.1, 0.15) is 11.9 Å². The number of fused-ring (bicyclic) bond motifs is 1. The molecule has 1 heterocycles. The molecule has 1 aromatic carbocycles. The fourth-order valence-electron chi connectivity index (χ4n) is 3.27. The molecule has 1 aliphatic carbocycles. The average Bonchev–Trinajstić information content (AvgIpc) is 2.77. The van der Waals surface area contributed by atoms with Crippen LogP contribution in [0.2, 0.25) is 0 Å². The smallest absolute Gasteiger partial charge is 0.242 e. The molecule has 2 atom stereocenters. The lowest BCUT2D eigenvalue weighted by Gasteiger charge is -2.39. The van der Waals surface area contributed by atoms with Crippen LogP contribution in [0.1, 0.15) is 37.3 Å². The number of rotatable bonds is 4. The Hall–Kier alpha value is -1.62. The number of anilines is 1. The number of hydrogen-bond acceptors (Lipinski definition) is 3. The third-order valence-electron chi connectivity index (χ3n) is 5.00. The SMILES string of the molecule is Cc1cc(F)c2c(c1)NC(C(=O)NCC(C)(O)C1CCC1)C2. The van der Waals surface area contributed by atoms with Crippen molar-refractivity contribution in [3.63, 3.8) is 0 Å². The van der Waals surface area contributed by atoms with Gasteiger partial charge in [0, 0.05) is 24.2 Å². The fraction of sp³-hybridized carbons (Fsp3) is 0.588. The number of aryl methyl sites for hydroxylation is 1. The zero-order chi connectivity index (χ0) is 15.9. The Bertz CT molecular complexity index is 597. The van der Waals surface area contributed by atoms with Gasteiger partial charge in [0.15, 0.2) is 0 Å². The normalized spacial score (nSPS) is 23.2. The van der Waals surface area contributed by atoms with Crippen LogP contribution in [0.4, 0.5) is 10.1 Å². The Morgan fingerprint density at radius 3 is 2.86 bits per heavy atom. The van der Waals surface area contributed by atoms with Gasteiger partial charge in [-0.3, -0.25) is 4.79 Å². The van der Waals surface area contributed by atoms with Crippen molar-refractivity contribution in [2.24, 2.45) is 5.92 Å². The molecule has 120 valence electrons. The monoisotopic (exact) mass is 306 g/mol. The highest BCUT2D eigenvalue weighted by molar-refractivity contribution is 5.87. The third kappa shape index (κ3) is 2.82. The zero-order valence-corrected chi connectivity index (χ0v) is 13.1. The first kappa shape index (κ1) is 15.3. The van der Waals surface area contributed by atoms with Crippen molar-refractivity contribution in [2.45, 2.75) is 51.2 Å². The number of benzene rings is 1. The molecule has 3 rings (SSSR count). The quantitative estimate of drug-likeness (QED) is 0.798. The lowest BCUT2D eigenvalue weighted by molar-refractivity contribution is -0.124. The summed E-state index contributed by atoms with van der Waals surface area (Å²) >= 11 is 0. The van der Waals surface area contributed by atoms with Gasteiger partial charge < -0.3 is 15.7 Å². The minimum atomic E-state index is -0.860. The lowest BCUT2D eigenvalue weighted by atomic mass is 9.73. The minimum Gasteiger partial charge on any atom is -0.388 e. The standard InChI is InChI=1S/C17H23FN2O2/c1-10-6-13(18)12-8-15(20-14(12)7-10)16(21)19-9-17(2,22)11-4-3-5-11/h6-7,11,15,20,22H,3-5,8-9H2,1-2H3,(H,19,21). The summed E-state index contributed by atoms with van der Waals surface area (Å²) in [5.74, 6) is -0.186. The van der Waals surface area contributed by atoms with Crippen LogP contribution in [0.5, 0.6) is 0 Å². The van der Waals surface area contributed by atoms with Crippen molar-refractivity contribution in [3.8, 4) is 0 Å². The first-order valence-electron chi connectivity index (χ1n) is 7.92. The molecule has 2 aliphatic rings. The molecule has 1 aliphatic heterocycles. The van der Waals surface area contributed by atoms with Gasteiger partial charge in [-0.15, -0.1) is 0 Å². The van der Waals surface area contributed by atoms with Crippen LogP contribution in [-0.2, 0) is 11.2 Å². The third-order valence-corrected chi connectivity index (χ3v) is 5.00. The van der Waals surface area contributed by atoms with E-state index >= 15 is 0 Å². The summed E-state index contributed by atoms with van der Waals surface area (Å²) in [6.07, 6.45) is 3.52. The van der Waals surface area contributed by atoms with E-state index in [1.165, 1.54) is 6.07 Å². The minimum absolute atomic E-state index is 0.187. The maximum atomic E-state index is 13.9. The molecule has 0 radical (unpaired) electrons. The van der Waals surface area contributed by atoms with E-state index in [0.717, 1.165) is 24.8 Å². The molecule has 1 saturated carbocycles. The second-order valence-corrected chi connectivity index (χ2v) is 6.88. The van der Waals surface area contributed by atoms with Crippen molar-refractivity contribution >= 4 is 11.6 Å². The molecular formula is C17H23FN2O2. The van der Waals surface area contributed by atoms with E-state index < -0.39 is 11.6 Å². The average molecular weight is 306 g/mol. The summed E-state index contributed by atoms with van der Waals surface area (Å²) in [5, 5.41) is 16.3. The van der Waals surface area contributed by atoms with E-state index in [2.05, 4.69) is 10.6 Å². The van der Waals surface area contributed by atoms with E-state index in [1.807, 2.05) is 13.0 Å². The van der Waals surface area contributed by atoms with Gasteiger partial charge in [-0.2, -0.15) is 0 Å². The molecule has 1 aromatic rings. The predicted octanol–water partition coefficient (Wildman–Crippen LogP) is 2.14. The van der Waals surface area contributed by atoms with Gasteiger partial charge in [0.05, 0.1) is 5.60 Å². The van der Waals surface area contributed by atoms with Crippen LogP contribution in [-0.4, -0.2) is 29.2 Å². The van der Waals surface area contributed by atoms with Crippen LogP contribution in [0.15, 0.2) is 12.1 Å². The fourth-order valence-corrected chi connectivity index (χ4v) is 3.27. The Morgan fingerprint density at radius 1 is 1.50 bits per heavy atom. The van der Waals surface area contributed by atoms with Crippen molar-refractivity contribution in [1.29, 1.82) is 0 Å². The summed E-state index contributed by atoms with van der Waals surface area (Å²) in [6, 6.07) is 2.88. The summed E-state index contributed by atoms with van der Waals surface area (Å²) < 4.78 is 13.9. The highest BCUT2D eigenvalue weighted by atomic mass is 19.1. The van der Waals surface area contributed by atoms with Crippen LogP contribution in [0, 0.1) is 18.7 Å². The van der Waals surface area contributed by atoms with Crippen molar-refractivity contribution in [3.05, 3.63) is 29.1 Å². The predicted molar refractivity (Wildman–Crippen MR) is 83.2 cm³/mol. The molecule has 2 unspecified atom stereocenters. The van der Waals surface area contributed by atoms with Crippen LogP contribution < -0.4 is 10.6 Å². The van der Waals surface area contributed by atoms with Crippen molar-refractivity contribution < 1.29 is 14.3 Å². The number of halogens is 1. The molecule has 0 aromatic heterocycles. The van der Waals surface area contributed by atoms with Crippen LogP contribution >= 0.6 is 0 Å². The number of amides is 1. The summed E-state index contributed by atoms with van der Waals surface area (Å²) in [6.45, 7) is 3.84. The number of carbonyl (C=O) groups excluding carboxylic acids is 1. The topological polar surface area (TPSA) is 61.4 Å². The molecule has 5 heteroatoms. The molecule has 0 spiro atoms. The zero-order valence-electron chi connectivity index (χ0n) is 13.1. The van der Waals surface area contributed by atoms with Gasteiger partial charge in [0.25, 0.3) is 0 Å². The Morgan fingerprint density at radius 2 is 2.23 bits per heavy atom. The van der Waals surface area contributed by atoms with Crippen molar-refractivity contribution in [2.75, 3.05) is 11.9 Å². The lowest BCUT2D eigenvalue weighted by Crippen LogP contribution is -2.51. The number of nitrogens with one attached hydrogen (secondary N) is 2. The molecular weight excluding hydrogens is 283 g/mol. The molecule has 4 nitrogen and oxygen atoms in total. The number of aliphatic hydroxyl groups is 1. The van der Waals surface area contributed by atoms with Gasteiger partial charge in [0.2, 0.25) is 5.91 Å². The second-order valence-electron chi connectivity index (χ2n) is 6.88. The molecule has 1 amide bonds. The summed E-state index contributed by atoms with van der Waals surface area (Å²) in [5.41, 5.74) is 1.24. The van der Waals surface area contributed by atoms with E-state index in [9.17, 15) is 14.3 Å². The highest BCUT2D eigenvalue weighted by Gasteiger charge is 2.37. The molecule has 22 heavy (non-hydrogen) atoms. The second kappa shape index (κ2) is 5.54. The van der Waals surface area contributed by atoms with Gasteiger partial charge in [-0.25, -0.2) is 4.39 Å². The first-order valence-corrected chi connectivity index (χ1v) is 7.92. The number of hydrogen-bond donors (Lipinski definition) is 3. The number of carbonyl (C=O) groups is 1. The molecule has 1 fully saturated rings. The molecule has 3 N–H and O–H groups in total. The Labute approximate surface area is 130 Å². The van der Waals surface area contributed by atoms with Gasteiger partial charge in [-0.1, -0.05) is 6.42 Å². The summed E-state index contributed by atoms with van der Waals surface area (Å²) in [4.78, 5) is 12.3. The van der Waals surface area contributed by atoms with Gasteiger partial charge in [-0.05, 0) is 50.3 Å². The van der Waals surface area contributed by atoms with E-state index in [0.29, 0.717) is 17.7 Å².